The SMILES string of the molecule is Cc1cccc(NCC(O)CCl)c1NC1CC1. The molecule has 1 aromatic carbocycles. The van der Waals surface area contributed by atoms with Crippen LogP contribution >= 0.6 is 11.6 Å². The fraction of sp³-hybridized carbons (Fsp3) is 0.538. The molecule has 1 aromatic rings. The number of para-hydroxylation sites is 1. The van der Waals surface area contributed by atoms with E-state index in [1.807, 2.05) is 12.1 Å². The number of hydrogen-bond acceptors (Lipinski definition) is 3. The summed E-state index contributed by atoms with van der Waals surface area (Å²) in [4.78, 5) is 0. The van der Waals surface area contributed by atoms with E-state index < -0.39 is 6.10 Å². The zero-order valence-electron chi connectivity index (χ0n) is 10.0. The molecular weight excluding hydrogens is 236 g/mol. The maximum absolute atomic E-state index is 9.46. The number of benzene rings is 1. The first-order chi connectivity index (χ1) is 8.20. The lowest BCUT2D eigenvalue weighted by molar-refractivity contribution is 0.211. The zero-order valence-corrected chi connectivity index (χ0v) is 10.8. The molecule has 0 heterocycles. The molecule has 0 saturated heterocycles. The lowest BCUT2D eigenvalue weighted by Gasteiger charge is -2.17. The molecule has 17 heavy (non-hydrogen) atoms. The van der Waals surface area contributed by atoms with Crippen LogP contribution in [0.4, 0.5) is 11.4 Å². The normalized spacial score (nSPS) is 16.6. The van der Waals surface area contributed by atoms with Crippen molar-refractivity contribution in [3.63, 3.8) is 0 Å². The molecule has 3 N–H and O–H groups in total. The van der Waals surface area contributed by atoms with Crippen molar-refractivity contribution in [2.75, 3.05) is 23.1 Å². The Labute approximate surface area is 107 Å². The summed E-state index contributed by atoms with van der Waals surface area (Å²) in [6.45, 7) is 2.57. The van der Waals surface area contributed by atoms with Crippen molar-refractivity contribution < 1.29 is 5.11 Å². The van der Waals surface area contributed by atoms with E-state index in [1.165, 1.54) is 18.4 Å². The number of alkyl halides is 1. The van der Waals surface area contributed by atoms with Crippen molar-refractivity contribution in [3.05, 3.63) is 23.8 Å². The minimum absolute atomic E-state index is 0.254. The van der Waals surface area contributed by atoms with Gasteiger partial charge in [0.1, 0.15) is 0 Å². The van der Waals surface area contributed by atoms with Crippen LogP contribution in [-0.2, 0) is 0 Å². The molecule has 1 saturated carbocycles. The Balaban J connectivity index is 2.05. The van der Waals surface area contributed by atoms with Crippen molar-refractivity contribution >= 4 is 23.0 Å². The van der Waals surface area contributed by atoms with Crippen LogP contribution in [-0.4, -0.2) is 29.7 Å². The minimum Gasteiger partial charge on any atom is -0.390 e. The molecule has 1 aliphatic carbocycles. The van der Waals surface area contributed by atoms with Gasteiger partial charge in [-0.25, -0.2) is 0 Å². The molecule has 0 spiro atoms. The van der Waals surface area contributed by atoms with Crippen molar-refractivity contribution in [2.24, 2.45) is 0 Å². The first kappa shape index (κ1) is 12.5. The highest BCUT2D eigenvalue weighted by Gasteiger charge is 2.22. The topological polar surface area (TPSA) is 44.3 Å². The van der Waals surface area contributed by atoms with Gasteiger partial charge in [-0.2, -0.15) is 0 Å². The fourth-order valence-electron chi connectivity index (χ4n) is 1.72. The summed E-state index contributed by atoms with van der Waals surface area (Å²) in [5.41, 5.74) is 3.42. The van der Waals surface area contributed by atoms with E-state index >= 15 is 0 Å². The van der Waals surface area contributed by atoms with E-state index in [9.17, 15) is 5.11 Å². The van der Waals surface area contributed by atoms with Gasteiger partial charge in [0, 0.05) is 12.6 Å². The third kappa shape index (κ3) is 3.51. The molecule has 1 unspecified atom stereocenters. The molecule has 0 bridgehead atoms. The molecule has 0 amide bonds. The Hall–Kier alpha value is -0.930. The van der Waals surface area contributed by atoms with Gasteiger partial charge < -0.3 is 15.7 Å². The lowest BCUT2D eigenvalue weighted by Crippen LogP contribution is -2.21. The molecule has 0 aromatic heterocycles. The Morgan fingerprint density at radius 3 is 2.88 bits per heavy atom. The Morgan fingerprint density at radius 1 is 1.47 bits per heavy atom. The van der Waals surface area contributed by atoms with E-state index in [4.69, 9.17) is 11.6 Å². The summed E-state index contributed by atoms with van der Waals surface area (Å²) in [5.74, 6) is 0.254. The summed E-state index contributed by atoms with van der Waals surface area (Å²) in [5, 5.41) is 16.2. The molecule has 3 nitrogen and oxygen atoms in total. The summed E-state index contributed by atoms with van der Waals surface area (Å²) < 4.78 is 0. The number of aliphatic hydroxyl groups is 1. The minimum atomic E-state index is -0.508. The highest BCUT2D eigenvalue weighted by atomic mass is 35.5. The van der Waals surface area contributed by atoms with Crippen LogP contribution in [0.3, 0.4) is 0 Å². The molecule has 1 fully saturated rings. The number of rotatable bonds is 6. The first-order valence-electron chi connectivity index (χ1n) is 6.04. The number of aryl methyl sites for hydroxylation is 1. The van der Waals surface area contributed by atoms with Gasteiger partial charge in [0.05, 0.1) is 23.4 Å². The van der Waals surface area contributed by atoms with Crippen molar-refractivity contribution in [1.82, 2.24) is 0 Å². The average Bonchev–Trinajstić information content (AvgIpc) is 3.13. The molecule has 0 radical (unpaired) electrons. The maximum atomic E-state index is 9.46. The predicted octanol–water partition coefficient (Wildman–Crippen LogP) is 2.58. The van der Waals surface area contributed by atoms with E-state index in [0.717, 1.165) is 11.4 Å². The van der Waals surface area contributed by atoms with E-state index in [2.05, 4.69) is 23.6 Å². The molecule has 2 rings (SSSR count). The van der Waals surface area contributed by atoms with Gasteiger partial charge in [-0.15, -0.1) is 11.6 Å². The van der Waals surface area contributed by atoms with Gasteiger partial charge in [0.15, 0.2) is 0 Å². The molecule has 1 atom stereocenters. The average molecular weight is 255 g/mol. The molecule has 94 valence electrons. The summed E-state index contributed by atoms with van der Waals surface area (Å²) in [6, 6.07) is 6.75. The smallest absolute Gasteiger partial charge is 0.0847 e. The van der Waals surface area contributed by atoms with E-state index in [-0.39, 0.29) is 5.88 Å². The summed E-state index contributed by atoms with van der Waals surface area (Å²) >= 11 is 5.58. The van der Waals surface area contributed by atoms with Crippen LogP contribution in [0.2, 0.25) is 0 Å². The van der Waals surface area contributed by atoms with E-state index in [0.29, 0.717) is 12.6 Å². The maximum Gasteiger partial charge on any atom is 0.0847 e. The molecule has 0 aliphatic heterocycles. The Kier molecular flexibility index (Phi) is 4.13. The Morgan fingerprint density at radius 2 is 2.24 bits per heavy atom. The fourth-order valence-corrected chi connectivity index (χ4v) is 1.83. The van der Waals surface area contributed by atoms with Gasteiger partial charge in [0.25, 0.3) is 0 Å². The van der Waals surface area contributed by atoms with Crippen LogP contribution in [0.15, 0.2) is 18.2 Å². The van der Waals surface area contributed by atoms with Crippen LogP contribution < -0.4 is 10.6 Å². The lowest BCUT2D eigenvalue weighted by atomic mass is 10.1. The van der Waals surface area contributed by atoms with Gasteiger partial charge in [-0.1, -0.05) is 12.1 Å². The Bertz CT molecular complexity index is 380. The second kappa shape index (κ2) is 5.61. The van der Waals surface area contributed by atoms with E-state index in [1.54, 1.807) is 0 Å². The van der Waals surface area contributed by atoms with Crippen LogP contribution in [0, 0.1) is 6.92 Å². The van der Waals surface area contributed by atoms with Gasteiger partial charge in [0.2, 0.25) is 0 Å². The largest absolute Gasteiger partial charge is 0.390 e. The van der Waals surface area contributed by atoms with Crippen molar-refractivity contribution in [3.8, 4) is 0 Å². The van der Waals surface area contributed by atoms with Crippen LogP contribution in [0.25, 0.3) is 0 Å². The monoisotopic (exact) mass is 254 g/mol. The highest BCUT2D eigenvalue weighted by Crippen LogP contribution is 2.31. The van der Waals surface area contributed by atoms with Gasteiger partial charge >= 0.3 is 0 Å². The standard InChI is InChI=1S/C13H19ClN2O/c1-9-3-2-4-12(15-8-11(17)7-14)13(9)16-10-5-6-10/h2-4,10-11,15-17H,5-8H2,1H3. The third-order valence-corrected chi connectivity index (χ3v) is 3.26. The number of halogens is 1. The third-order valence-electron chi connectivity index (χ3n) is 2.90. The van der Waals surface area contributed by atoms with Gasteiger partial charge in [-0.3, -0.25) is 0 Å². The molecule has 4 heteroatoms. The quantitative estimate of drug-likeness (QED) is 0.684. The number of aliphatic hydroxyl groups excluding tert-OH is 1. The molecular formula is C13H19ClN2O. The summed E-state index contributed by atoms with van der Waals surface area (Å²) in [6.07, 6.45) is 1.99. The van der Waals surface area contributed by atoms with Crippen molar-refractivity contribution in [1.29, 1.82) is 0 Å². The second-order valence-corrected chi connectivity index (χ2v) is 4.91. The zero-order chi connectivity index (χ0) is 12.3. The van der Waals surface area contributed by atoms with Crippen molar-refractivity contribution in [2.45, 2.75) is 31.9 Å². The van der Waals surface area contributed by atoms with Crippen LogP contribution in [0.1, 0.15) is 18.4 Å². The highest BCUT2D eigenvalue weighted by molar-refractivity contribution is 6.18. The number of hydrogen-bond donors (Lipinski definition) is 3. The summed E-state index contributed by atoms with van der Waals surface area (Å²) in [7, 11) is 0. The van der Waals surface area contributed by atoms with Crippen LogP contribution in [0.5, 0.6) is 0 Å². The predicted molar refractivity (Wildman–Crippen MR) is 73.0 cm³/mol. The van der Waals surface area contributed by atoms with Gasteiger partial charge in [-0.05, 0) is 31.4 Å². The first-order valence-corrected chi connectivity index (χ1v) is 6.58. The number of nitrogens with one attached hydrogen (secondary N) is 2. The second-order valence-electron chi connectivity index (χ2n) is 4.61. The molecule has 1 aliphatic rings. The number of anilines is 2.